The van der Waals surface area contributed by atoms with Crippen molar-refractivity contribution in [2.75, 3.05) is 27.2 Å². The molecule has 1 unspecified atom stereocenters. The van der Waals surface area contributed by atoms with Gasteiger partial charge in [0.1, 0.15) is 11.5 Å². The zero-order chi connectivity index (χ0) is 13.1. The predicted octanol–water partition coefficient (Wildman–Crippen LogP) is 1.57. The average Bonchev–Trinajstić information content (AvgIpc) is 2.87. The van der Waals surface area contributed by atoms with Crippen LogP contribution in [0, 0.1) is 6.92 Å². The van der Waals surface area contributed by atoms with Gasteiger partial charge in [0.05, 0.1) is 6.54 Å². The normalized spacial score (nSPS) is 21.1. The van der Waals surface area contributed by atoms with Crippen LogP contribution in [0.25, 0.3) is 0 Å². The monoisotopic (exact) mass is 251 g/mol. The van der Waals surface area contributed by atoms with E-state index >= 15 is 0 Å². The molecule has 18 heavy (non-hydrogen) atoms. The molecular formula is C14H25N3O. The van der Waals surface area contributed by atoms with Gasteiger partial charge in [0, 0.05) is 24.7 Å². The van der Waals surface area contributed by atoms with Crippen molar-refractivity contribution in [1.82, 2.24) is 9.80 Å². The summed E-state index contributed by atoms with van der Waals surface area (Å²) in [5, 5.41) is 0. The van der Waals surface area contributed by atoms with E-state index in [2.05, 4.69) is 30.0 Å². The van der Waals surface area contributed by atoms with Gasteiger partial charge in [0.2, 0.25) is 0 Å². The summed E-state index contributed by atoms with van der Waals surface area (Å²) in [7, 11) is 4.29. The molecule has 0 spiro atoms. The number of hydrogen-bond donors (Lipinski definition) is 1. The molecule has 1 aromatic rings. The fourth-order valence-electron chi connectivity index (χ4n) is 2.80. The number of likely N-dealkylation sites (N-methyl/N-ethyl adjacent to an activating group) is 1. The van der Waals surface area contributed by atoms with Crippen molar-refractivity contribution in [2.45, 2.75) is 38.9 Å². The van der Waals surface area contributed by atoms with Gasteiger partial charge >= 0.3 is 0 Å². The molecule has 0 aromatic carbocycles. The number of rotatable bonds is 5. The van der Waals surface area contributed by atoms with Crippen molar-refractivity contribution in [3.8, 4) is 0 Å². The molecule has 1 saturated heterocycles. The van der Waals surface area contributed by atoms with E-state index in [1.165, 1.54) is 24.9 Å². The minimum atomic E-state index is 0.488. The van der Waals surface area contributed by atoms with Gasteiger partial charge in [0.15, 0.2) is 0 Å². The maximum atomic E-state index is 5.63. The highest BCUT2D eigenvalue weighted by Gasteiger charge is 2.25. The van der Waals surface area contributed by atoms with Crippen LogP contribution in [-0.4, -0.2) is 43.0 Å². The highest BCUT2D eigenvalue weighted by atomic mass is 16.3. The first-order valence-corrected chi connectivity index (χ1v) is 6.77. The summed E-state index contributed by atoms with van der Waals surface area (Å²) in [5.41, 5.74) is 6.91. The van der Waals surface area contributed by atoms with Crippen LogP contribution in [0.5, 0.6) is 0 Å². The molecule has 1 aromatic heterocycles. The van der Waals surface area contributed by atoms with Crippen LogP contribution in [0.2, 0.25) is 0 Å². The Hall–Kier alpha value is -0.840. The molecule has 102 valence electrons. The third-order valence-corrected chi connectivity index (χ3v) is 3.72. The first-order chi connectivity index (χ1) is 8.60. The van der Waals surface area contributed by atoms with Crippen LogP contribution in [0.1, 0.15) is 29.9 Å². The van der Waals surface area contributed by atoms with E-state index in [9.17, 15) is 0 Å². The molecule has 2 N–H and O–H groups in total. The molecule has 1 atom stereocenters. The van der Waals surface area contributed by atoms with Crippen LogP contribution < -0.4 is 5.73 Å². The van der Waals surface area contributed by atoms with Crippen LogP contribution >= 0.6 is 0 Å². The summed E-state index contributed by atoms with van der Waals surface area (Å²) in [6.07, 6.45) is 2.61. The largest absolute Gasteiger partial charge is 0.465 e. The van der Waals surface area contributed by atoms with Crippen molar-refractivity contribution in [2.24, 2.45) is 5.73 Å². The van der Waals surface area contributed by atoms with Crippen molar-refractivity contribution < 1.29 is 4.42 Å². The minimum absolute atomic E-state index is 0.488. The Morgan fingerprint density at radius 3 is 2.89 bits per heavy atom. The SMILES string of the molecule is Cc1oc(CN)cc1CN1CCCC1CN(C)C. The third-order valence-electron chi connectivity index (χ3n) is 3.72. The molecule has 1 aliphatic rings. The van der Waals surface area contributed by atoms with Crippen LogP contribution in [0.3, 0.4) is 0 Å². The Bertz CT molecular complexity index is 386. The van der Waals surface area contributed by atoms with E-state index in [0.717, 1.165) is 24.6 Å². The van der Waals surface area contributed by atoms with Crippen molar-refractivity contribution in [3.05, 3.63) is 23.2 Å². The third kappa shape index (κ3) is 3.13. The lowest BCUT2D eigenvalue weighted by atomic mass is 10.2. The molecule has 4 heteroatoms. The van der Waals surface area contributed by atoms with E-state index in [-0.39, 0.29) is 0 Å². The number of nitrogens with two attached hydrogens (primary N) is 1. The molecule has 0 aliphatic carbocycles. The topological polar surface area (TPSA) is 45.6 Å². The number of likely N-dealkylation sites (tertiary alicyclic amines) is 1. The van der Waals surface area contributed by atoms with Crippen molar-refractivity contribution in [3.63, 3.8) is 0 Å². The lowest BCUT2D eigenvalue weighted by molar-refractivity contribution is 0.200. The Morgan fingerprint density at radius 2 is 2.28 bits per heavy atom. The second kappa shape index (κ2) is 5.87. The summed E-state index contributed by atoms with van der Waals surface area (Å²) >= 11 is 0. The zero-order valence-electron chi connectivity index (χ0n) is 11.8. The molecule has 0 radical (unpaired) electrons. The van der Waals surface area contributed by atoms with Crippen molar-refractivity contribution in [1.29, 1.82) is 0 Å². The number of aryl methyl sites for hydroxylation is 1. The molecule has 1 aliphatic heterocycles. The van der Waals surface area contributed by atoms with E-state index < -0.39 is 0 Å². The minimum Gasteiger partial charge on any atom is -0.465 e. The van der Waals surface area contributed by atoms with Gasteiger partial charge in [-0.3, -0.25) is 4.90 Å². The second-order valence-electron chi connectivity index (χ2n) is 5.53. The summed E-state index contributed by atoms with van der Waals surface area (Å²) < 4.78 is 5.63. The summed E-state index contributed by atoms with van der Waals surface area (Å²) in [6.45, 7) is 5.85. The molecule has 0 amide bonds. The Labute approximate surface area is 110 Å². The first kappa shape index (κ1) is 13.6. The zero-order valence-corrected chi connectivity index (χ0v) is 11.8. The maximum absolute atomic E-state index is 5.63. The summed E-state index contributed by atoms with van der Waals surface area (Å²) in [5.74, 6) is 1.91. The van der Waals surface area contributed by atoms with Gasteiger partial charge in [-0.2, -0.15) is 0 Å². The van der Waals surface area contributed by atoms with E-state index in [1.54, 1.807) is 0 Å². The number of hydrogen-bond acceptors (Lipinski definition) is 4. The lowest BCUT2D eigenvalue weighted by Gasteiger charge is -2.26. The van der Waals surface area contributed by atoms with Crippen molar-refractivity contribution >= 4 is 0 Å². The molecule has 0 bridgehead atoms. The van der Waals surface area contributed by atoms with Crippen LogP contribution in [-0.2, 0) is 13.1 Å². The molecule has 2 heterocycles. The van der Waals surface area contributed by atoms with E-state index in [1.807, 2.05) is 6.92 Å². The van der Waals surface area contributed by atoms with Gasteiger partial charge in [0.25, 0.3) is 0 Å². The first-order valence-electron chi connectivity index (χ1n) is 6.77. The molecule has 1 fully saturated rings. The van der Waals surface area contributed by atoms with Gasteiger partial charge < -0.3 is 15.1 Å². The summed E-state index contributed by atoms with van der Waals surface area (Å²) in [4.78, 5) is 4.84. The Kier molecular flexibility index (Phi) is 4.43. The Morgan fingerprint density at radius 1 is 1.50 bits per heavy atom. The van der Waals surface area contributed by atoms with E-state index in [4.69, 9.17) is 10.2 Å². The summed E-state index contributed by atoms with van der Waals surface area (Å²) in [6, 6.07) is 2.79. The maximum Gasteiger partial charge on any atom is 0.118 e. The standard InChI is InChI=1S/C14H25N3O/c1-11-12(7-14(8-15)18-11)9-17-6-4-5-13(17)10-16(2)3/h7,13H,4-6,8-10,15H2,1-3H3. The average molecular weight is 251 g/mol. The second-order valence-corrected chi connectivity index (χ2v) is 5.53. The van der Waals surface area contributed by atoms with Gasteiger partial charge in [-0.15, -0.1) is 0 Å². The van der Waals surface area contributed by atoms with Gasteiger partial charge in [-0.1, -0.05) is 0 Å². The van der Waals surface area contributed by atoms with Gasteiger partial charge in [-0.05, 0) is 46.5 Å². The smallest absolute Gasteiger partial charge is 0.118 e. The molecule has 0 saturated carbocycles. The lowest BCUT2D eigenvalue weighted by Crippen LogP contribution is -2.37. The highest BCUT2D eigenvalue weighted by Crippen LogP contribution is 2.23. The highest BCUT2D eigenvalue weighted by molar-refractivity contribution is 5.21. The number of furan rings is 1. The molecule has 4 nitrogen and oxygen atoms in total. The molecule has 2 rings (SSSR count). The van der Waals surface area contributed by atoms with Crippen LogP contribution in [0.15, 0.2) is 10.5 Å². The quantitative estimate of drug-likeness (QED) is 0.863. The fourth-order valence-corrected chi connectivity index (χ4v) is 2.80. The van der Waals surface area contributed by atoms with Gasteiger partial charge in [-0.25, -0.2) is 0 Å². The van der Waals surface area contributed by atoms with E-state index in [0.29, 0.717) is 12.6 Å². The predicted molar refractivity (Wildman–Crippen MR) is 73.3 cm³/mol. The number of nitrogens with zero attached hydrogens (tertiary/aromatic N) is 2. The molecular weight excluding hydrogens is 226 g/mol. The Balaban J connectivity index is 2.01. The fraction of sp³-hybridized carbons (Fsp3) is 0.714. The van der Waals surface area contributed by atoms with Crippen LogP contribution in [0.4, 0.5) is 0 Å².